The van der Waals surface area contributed by atoms with E-state index in [4.69, 9.17) is 0 Å². The third kappa shape index (κ3) is 2.22. The molecule has 2 amide bonds. The van der Waals surface area contributed by atoms with Gasteiger partial charge in [0, 0.05) is 40.8 Å². The molecule has 12 heavy (non-hydrogen) atoms. The Morgan fingerprint density at radius 2 is 2.50 bits per heavy atom. The van der Waals surface area contributed by atoms with E-state index in [0.717, 1.165) is 6.54 Å². The van der Waals surface area contributed by atoms with Crippen molar-refractivity contribution in [3.63, 3.8) is 0 Å². The first-order valence-corrected chi connectivity index (χ1v) is 4.08. The molecule has 4 heteroatoms. The number of likely N-dealkylation sites (tertiary alicyclic amines) is 1. The van der Waals surface area contributed by atoms with Crippen LogP contribution in [0.25, 0.3) is 0 Å². The predicted octanol–water partition coefficient (Wildman–Crippen LogP) is -0.153. The van der Waals surface area contributed by atoms with Gasteiger partial charge < -0.3 is 10.2 Å². The summed E-state index contributed by atoms with van der Waals surface area (Å²) in [7, 11) is 1.79. The summed E-state index contributed by atoms with van der Waals surface area (Å²) in [6, 6.07) is 0. The Kier molecular flexibility index (Phi) is 2.68. The number of carbonyl (C=O) groups is 2. The van der Waals surface area contributed by atoms with Crippen LogP contribution >= 0.6 is 0 Å². The van der Waals surface area contributed by atoms with E-state index in [1.54, 1.807) is 11.9 Å². The van der Waals surface area contributed by atoms with Gasteiger partial charge in [-0.1, -0.05) is 0 Å². The minimum atomic E-state index is -0.0306. The highest BCUT2D eigenvalue weighted by Crippen LogP contribution is 2.14. The second-order valence-electron chi connectivity index (χ2n) is 3.28. The minimum absolute atomic E-state index is 0. The van der Waals surface area contributed by atoms with E-state index in [1.165, 1.54) is 6.92 Å². The molecule has 1 N–H and O–H groups in total. The summed E-state index contributed by atoms with van der Waals surface area (Å²) in [5.74, 6) is 0.439. The van der Waals surface area contributed by atoms with Gasteiger partial charge in [0.2, 0.25) is 11.8 Å². The van der Waals surface area contributed by atoms with Gasteiger partial charge >= 0.3 is 0 Å². The highest BCUT2D eigenvalue weighted by molar-refractivity contribution is 5.78. The second kappa shape index (κ2) is 3.56. The first-order chi connectivity index (χ1) is 5.59. The van der Waals surface area contributed by atoms with Crippen molar-refractivity contribution in [3.05, 3.63) is 0 Å². The standard InChI is InChI=1S/C8H14N2O2.H2/c1-6(11)9-4-7-3-8(12)10(2)5-7;/h7H,3-5H2,1-2H3,(H,9,11);1H. The number of hydrogen-bond acceptors (Lipinski definition) is 2. The van der Waals surface area contributed by atoms with E-state index in [0.29, 0.717) is 18.9 Å². The van der Waals surface area contributed by atoms with Gasteiger partial charge in [0.1, 0.15) is 0 Å². The van der Waals surface area contributed by atoms with Crippen LogP contribution < -0.4 is 5.32 Å². The Hall–Kier alpha value is -1.06. The number of hydrogen-bond donors (Lipinski definition) is 1. The fourth-order valence-electron chi connectivity index (χ4n) is 1.38. The summed E-state index contributed by atoms with van der Waals surface area (Å²) < 4.78 is 0. The molecule has 1 heterocycles. The van der Waals surface area contributed by atoms with E-state index in [9.17, 15) is 9.59 Å². The molecule has 1 unspecified atom stereocenters. The zero-order chi connectivity index (χ0) is 9.14. The van der Waals surface area contributed by atoms with Gasteiger partial charge in [-0.05, 0) is 0 Å². The zero-order valence-corrected chi connectivity index (χ0v) is 7.46. The molecule has 1 aliphatic heterocycles. The third-order valence-corrected chi connectivity index (χ3v) is 2.06. The summed E-state index contributed by atoms with van der Waals surface area (Å²) in [4.78, 5) is 23.3. The summed E-state index contributed by atoms with van der Waals surface area (Å²) in [6.45, 7) is 2.87. The van der Waals surface area contributed by atoms with Crippen molar-refractivity contribution < 1.29 is 11.0 Å². The van der Waals surface area contributed by atoms with E-state index in [-0.39, 0.29) is 13.2 Å². The quantitative estimate of drug-likeness (QED) is 0.629. The van der Waals surface area contributed by atoms with Crippen LogP contribution in [0.5, 0.6) is 0 Å². The number of amides is 2. The highest BCUT2D eigenvalue weighted by atomic mass is 16.2. The first kappa shape index (κ1) is 9.03. The fourth-order valence-corrected chi connectivity index (χ4v) is 1.38. The van der Waals surface area contributed by atoms with Crippen LogP contribution in [0.3, 0.4) is 0 Å². The Morgan fingerprint density at radius 3 is 2.92 bits per heavy atom. The molecule has 0 radical (unpaired) electrons. The Bertz CT molecular complexity index is 208. The topological polar surface area (TPSA) is 49.4 Å². The Labute approximate surface area is 73.4 Å². The molecular weight excluding hydrogens is 156 g/mol. The average molecular weight is 172 g/mol. The molecule has 0 aromatic heterocycles. The molecule has 0 aliphatic carbocycles. The molecule has 0 saturated carbocycles. The van der Waals surface area contributed by atoms with Crippen LogP contribution in [0.4, 0.5) is 0 Å². The van der Waals surface area contributed by atoms with Gasteiger partial charge in [-0.25, -0.2) is 0 Å². The lowest BCUT2D eigenvalue weighted by Crippen LogP contribution is -2.28. The monoisotopic (exact) mass is 172 g/mol. The van der Waals surface area contributed by atoms with Gasteiger partial charge in [-0.15, -0.1) is 0 Å². The van der Waals surface area contributed by atoms with E-state index in [1.807, 2.05) is 0 Å². The van der Waals surface area contributed by atoms with Crippen LogP contribution in [0.15, 0.2) is 0 Å². The maximum absolute atomic E-state index is 11.0. The SMILES string of the molecule is CC(=O)NCC1CC(=O)N(C)C1.[HH]. The van der Waals surface area contributed by atoms with Crippen molar-refractivity contribution in [2.75, 3.05) is 20.1 Å². The lowest BCUT2D eigenvalue weighted by molar-refractivity contribution is -0.126. The normalized spacial score (nSPS) is 23.0. The van der Waals surface area contributed by atoms with Gasteiger partial charge in [-0.3, -0.25) is 9.59 Å². The molecule has 1 fully saturated rings. The van der Waals surface area contributed by atoms with Gasteiger partial charge in [0.25, 0.3) is 0 Å². The molecule has 1 rings (SSSR count). The van der Waals surface area contributed by atoms with Gasteiger partial charge in [0.15, 0.2) is 0 Å². The maximum Gasteiger partial charge on any atom is 0.222 e. The second-order valence-corrected chi connectivity index (χ2v) is 3.28. The number of nitrogens with zero attached hydrogens (tertiary/aromatic N) is 1. The van der Waals surface area contributed by atoms with E-state index < -0.39 is 0 Å². The van der Waals surface area contributed by atoms with Crippen molar-refractivity contribution in [1.82, 2.24) is 10.2 Å². The molecule has 0 aromatic rings. The summed E-state index contributed by atoms with van der Waals surface area (Å²) in [5, 5.41) is 2.71. The van der Waals surface area contributed by atoms with Crippen molar-refractivity contribution in [1.29, 1.82) is 0 Å². The molecule has 1 atom stereocenters. The van der Waals surface area contributed by atoms with Crippen molar-refractivity contribution in [2.24, 2.45) is 5.92 Å². The molecule has 4 nitrogen and oxygen atoms in total. The van der Waals surface area contributed by atoms with Crippen LogP contribution in [0, 0.1) is 5.92 Å². The fraction of sp³-hybridized carbons (Fsp3) is 0.750. The smallest absolute Gasteiger partial charge is 0.222 e. The molecule has 1 aliphatic rings. The lowest BCUT2D eigenvalue weighted by Gasteiger charge is -2.09. The first-order valence-electron chi connectivity index (χ1n) is 4.08. The molecule has 70 valence electrons. The highest BCUT2D eigenvalue weighted by Gasteiger charge is 2.26. The van der Waals surface area contributed by atoms with Crippen LogP contribution in [-0.2, 0) is 9.59 Å². The maximum atomic E-state index is 11.0. The predicted molar refractivity (Wildman–Crippen MR) is 46.5 cm³/mol. The third-order valence-electron chi connectivity index (χ3n) is 2.06. The summed E-state index contributed by atoms with van der Waals surface area (Å²) in [5.41, 5.74) is 0. The van der Waals surface area contributed by atoms with E-state index in [2.05, 4.69) is 5.32 Å². The zero-order valence-electron chi connectivity index (χ0n) is 7.46. The summed E-state index contributed by atoms with van der Waals surface area (Å²) >= 11 is 0. The molecule has 0 aromatic carbocycles. The minimum Gasteiger partial charge on any atom is -0.356 e. The van der Waals surface area contributed by atoms with E-state index >= 15 is 0 Å². The summed E-state index contributed by atoms with van der Waals surface area (Å²) in [6.07, 6.45) is 0.566. The Balaban J connectivity index is 0.00000144. The number of carbonyl (C=O) groups excluding carboxylic acids is 2. The van der Waals surface area contributed by atoms with Crippen LogP contribution in [0.1, 0.15) is 14.8 Å². The lowest BCUT2D eigenvalue weighted by atomic mass is 10.1. The van der Waals surface area contributed by atoms with Crippen LogP contribution in [0.2, 0.25) is 0 Å². The molecule has 0 spiro atoms. The molecule has 1 saturated heterocycles. The molecular formula is C8H16N2O2. The van der Waals surface area contributed by atoms with Gasteiger partial charge in [-0.2, -0.15) is 0 Å². The van der Waals surface area contributed by atoms with Crippen molar-refractivity contribution >= 4 is 11.8 Å². The van der Waals surface area contributed by atoms with Crippen LogP contribution in [-0.4, -0.2) is 36.9 Å². The Morgan fingerprint density at radius 1 is 1.83 bits per heavy atom. The molecule has 0 bridgehead atoms. The average Bonchev–Trinajstić information content (AvgIpc) is 2.28. The van der Waals surface area contributed by atoms with Crippen molar-refractivity contribution in [3.8, 4) is 0 Å². The van der Waals surface area contributed by atoms with Crippen molar-refractivity contribution in [2.45, 2.75) is 13.3 Å². The number of nitrogens with one attached hydrogen (secondary N) is 1. The van der Waals surface area contributed by atoms with Gasteiger partial charge in [0.05, 0.1) is 0 Å². The largest absolute Gasteiger partial charge is 0.356 e. The number of rotatable bonds is 2.